The van der Waals surface area contributed by atoms with E-state index in [9.17, 15) is 13.2 Å². The SMILES string of the molecule is COCCNS(=O)(=O)NCc1cc(/C=C/C(=O)O)cs1. The summed E-state index contributed by atoms with van der Waals surface area (Å²) >= 11 is 1.35. The highest BCUT2D eigenvalue weighted by Crippen LogP contribution is 2.15. The van der Waals surface area contributed by atoms with E-state index in [1.165, 1.54) is 24.5 Å². The van der Waals surface area contributed by atoms with Gasteiger partial charge in [0.2, 0.25) is 0 Å². The summed E-state index contributed by atoms with van der Waals surface area (Å²) in [5.41, 5.74) is 0.721. The van der Waals surface area contributed by atoms with Gasteiger partial charge in [-0.15, -0.1) is 11.3 Å². The van der Waals surface area contributed by atoms with Crippen LogP contribution in [0.25, 0.3) is 6.08 Å². The van der Waals surface area contributed by atoms with Crippen LogP contribution in [0.3, 0.4) is 0 Å². The first-order chi connectivity index (χ1) is 9.43. The lowest BCUT2D eigenvalue weighted by Gasteiger charge is -2.06. The second-order valence-corrected chi connectivity index (χ2v) is 6.31. The van der Waals surface area contributed by atoms with Gasteiger partial charge >= 0.3 is 5.97 Å². The van der Waals surface area contributed by atoms with Crippen LogP contribution in [0.15, 0.2) is 17.5 Å². The van der Waals surface area contributed by atoms with Crippen LogP contribution < -0.4 is 9.44 Å². The molecule has 0 spiro atoms. The molecule has 0 unspecified atom stereocenters. The van der Waals surface area contributed by atoms with Crippen LogP contribution in [0, 0.1) is 0 Å². The molecule has 0 bridgehead atoms. The van der Waals surface area contributed by atoms with Crippen molar-refractivity contribution in [2.24, 2.45) is 0 Å². The zero-order valence-corrected chi connectivity index (χ0v) is 12.5. The molecule has 1 rings (SSSR count). The minimum absolute atomic E-state index is 0.147. The number of thiophene rings is 1. The lowest BCUT2D eigenvalue weighted by molar-refractivity contribution is -0.131. The van der Waals surface area contributed by atoms with Crippen molar-refractivity contribution in [2.75, 3.05) is 20.3 Å². The van der Waals surface area contributed by atoms with Gasteiger partial charge in [0.1, 0.15) is 0 Å². The monoisotopic (exact) mass is 320 g/mol. The maximum atomic E-state index is 11.5. The van der Waals surface area contributed by atoms with Crippen molar-refractivity contribution >= 4 is 33.6 Å². The van der Waals surface area contributed by atoms with Crippen molar-refractivity contribution in [3.05, 3.63) is 28.0 Å². The number of aliphatic carboxylic acids is 1. The van der Waals surface area contributed by atoms with Crippen molar-refractivity contribution < 1.29 is 23.1 Å². The van der Waals surface area contributed by atoms with E-state index >= 15 is 0 Å². The number of nitrogens with one attached hydrogen (secondary N) is 2. The number of carboxylic acids is 1. The van der Waals surface area contributed by atoms with Crippen molar-refractivity contribution in [3.63, 3.8) is 0 Å². The maximum absolute atomic E-state index is 11.5. The van der Waals surface area contributed by atoms with E-state index in [2.05, 4.69) is 9.44 Å². The molecule has 0 fully saturated rings. The number of ether oxygens (including phenoxy) is 1. The first kappa shape index (κ1) is 16.8. The van der Waals surface area contributed by atoms with Crippen LogP contribution in [0.1, 0.15) is 10.4 Å². The van der Waals surface area contributed by atoms with Gasteiger partial charge in [0.05, 0.1) is 6.61 Å². The van der Waals surface area contributed by atoms with Gasteiger partial charge in [-0.3, -0.25) is 0 Å². The van der Waals surface area contributed by atoms with E-state index in [1.807, 2.05) is 0 Å². The van der Waals surface area contributed by atoms with Crippen molar-refractivity contribution in [1.29, 1.82) is 0 Å². The van der Waals surface area contributed by atoms with Crippen LogP contribution >= 0.6 is 11.3 Å². The van der Waals surface area contributed by atoms with Gasteiger partial charge in [-0.25, -0.2) is 4.79 Å². The molecular weight excluding hydrogens is 304 g/mol. The molecule has 112 valence electrons. The Morgan fingerprint density at radius 2 is 2.25 bits per heavy atom. The quantitative estimate of drug-likeness (QED) is 0.452. The molecule has 1 heterocycles. The zero-order valence-electron chi connectivity index (χ0n) is 10.8. The molecule has 0 aliphatic rings. The van der Waals surface area contributed by atoms with Crippen LogP contribution in [-0.2, 0) is 26.3 Å². The first-order valence-corrected chi connectivity index (χ1v) is 8.01. The second-order valence-electron chi connectivity index (χ2n) is 3.73. The molecule has 1 aromatic heterocycles. The number of carboxylic acid groups (broad SMARTS) is 1. The number of hydrogen-bond donors (Lipinski definition) is 3. The van der Waals surface area contributed by atoms with Gasteiger partial charge in [0.15, 0.2) is 0 Å². The molecule has 0 aromatic carbocycles. The van der Waals surface area contributed by atoms with E-state index in [-0.39, 0.29) is 13.1 Å². The Balaban J connectivity index is 2.47. The number of methoxy groups -OCH3 is 1. The highest BCUT2D eigenvalue weighted by Gasteiger charge is 2.09. The average molecular weight is 320 g/mol. The molecule has 0 amide bonds. The third kappa shape index (κ3) is 6.78. The van der Waals surface area contributed by atoms with Gasteiger partial charge in [-0.05, 0) is 23.1 Å². The highest BCUT2D eigenvalue weighted by molar-refractivity contribution is 7.87. The Hall–Kier alpha value is -1.26. The highest BCUT2D eigenvalue weighted by atomic mass is 32.2. The van der Waals surface area contributed by atoms with E-state index in [1.54, 1.807) is 11.4 Å². The third-order valence-corrected chi connectivity index (χ3v) is 4.19. The van der Waals surface area contributed by atoms with Gasteiger partial charge < -0.3 is 9.84 Å². The molecule has 0 radical (unpaired) electrons. The lowest BCUT2D eigenvalue weighted by Crippen LogP contribution is -2.37. The van der Waals surface area contributed by atoms with Crippen molar-refractivity contribution in [1.82, 2.24) is 9.44 Å². The number of rotatable bonds is 9. The molecule has 0 atom stereocenters. The van der Waals surface area contributed by atoms with E-state index in [4.69, 9.17) is 9.84 Å². The fraction of sp³-hybridized carbons (Fsp3) is 0.364. The predicted octanol–water partition coefficient (Wildman–Crippen LogP) is 0.416. The van der Waals surface area contributed by atoms with Crippen LogP contribution in [-0.4, -0.2) is 39.8 Å². The van der Waals surface area contributed by atoms with Crippen LogP contribution in [0.5, 0.6) is 0 Å². The number of hydrogen-bond acceptors (Lipinski definition) is 5. The fourth-order valence-electron chi connectivity index (χ4n) is 1.24. The smallest absolute Gasteiger partial charge is 0.328 e. The van der Waals surface area contributed by atoms with Gasteiger partial charge in [-0.2, -0.15) is 17.9 Å². The molecule has 0 saturated carbocycles. The van der Waals surface area contributed by atoms with Gasteiger partial charge in [0.25, 0.3) is 10.2 Å². The molecule has 3 N–H and O–H groups in total. The Morgan fingerprint density at radius 3 is 2.90 bits per heavy atom. The Morgan fingerprint density at radius 1 is 1.50 bits per heavy atom. The van der Waals surface area contributed by atoms with Crippen LogP contribution in [0.2, 0.25) is 0 Å². The summed E-state index contributed by atoms with van der Waals surface area (Å²) in [6.07, 6.45) is 2.48. The molecule has 9 heteroatoms. The van der Waals surface area contributed by atoms with Gasteiger partial charge in [-0.1, -0.05) is 0 Å². The molecule has 20 heavy (non-hydrogen) atoms. The molecule has 1 aromatic rings. The normalized spacial score (nSPS) is 12.1. The summed E-state index contributed by atoms with van der Waals surface area (Å²) in [6.45, 7) is 0.640. The molecular formula is C11H16N2O5S2. The largest absolute Gasteiger partial charge is 0.478 e. The minimum atomic E-state index is -3.55. The van der Waals surface area contributed by atoms with E-state index in [0.717, 1.165) is 16.5 Å². The van der Waals surface area contributed by atoms with Gasteiger partial charge in [0, 0.05) is 31.2 Å². The fourth-order valence-corrected chi connectivity index (χ4v) is 2.93. The Bertz CT molecular complexity index is 565. The molecule has 7 nitrogen and oxygen atoms in total. The summed E-state index contributed by atoms with van der Waals surface area (Å²) in [6, 6.07) is 1.72. The summed E-state index contributed by atoms with van der Waals surface area (Å²) in [5.74, 6) is -1.03. The van der Waals surface area contributed by atoms with E-state index < -0.39 is 16.2 Å². The summed E-state index contributed by atoms with van der Waals surface area (Å²) in [5, 5.41) is 10.3. The maximum Gasteiger partial charge on any atom is 0.328 e. The van der Waals surface area contributed by atoms with Crippen molar-refractivity contribution in [3.8, 4) is 0 Å². The summed E-state index contributed by atoms with van der Waals surface area (Å²) in [7, 11) is -2.07. The predicted molar refractivity (Wildman–Crippen MR) is 76.6 cm³/mol. The number of carbonyl (C=O) groups is 1. The summed E-state index contributed by atoms with van der Waals surface area (Å²) in [4.78, 5) is 11.2. The Labute approximate surface area is 121 Å². The van der Waals surface area contributed by atoms with Crippen molar-refractivity contribution in [2.45, 2.75) is 6.54 Å². The lowest BCUT2D eigenvalue weighted by atomic mass is 10.3. The third-order valence-electron chi connectivity index (χ3n) is 2.13. The molecule has 0 saturated heterocycles. The molecule has 0 aliphatic carbocycles. The first-order valence-electron chi connectivity index (χ1n) is 5.64. The molecule has 0 aliphatic heterocycles. The summed E-state index contributed by atoms with van der Waals surface area (Å²) < 4.78 is 32.5. The van der Waals surface area contributed by atoms with E-state index in [0.29, 0.717) is 6.61 Å². The topological polar surface area (TPSA) is 105 Å². The Kier molecular flexibility index (Phi) is 6.82. The minimum Gasteiger partial charge on any atom is -0.478 e. The zero-order chi connectivity index (χ0) is 15.0. The standard InChI is InChI=1S/C11H16N2O5S2/c1-18-5-4-12-20(16,17)13-7-10-6-9(8-19-10)2-3-11(14)15/h2-3,6,8,12-13H,4-5,7H2,1H3,(H,14,15)/b3-2+. The average Bonchev–Trinajstić information content (AvgIpc) is 2.82. The second kappa shape index (κ2) is 8.12. The van der Waals surface area contributed by atoms with Crippen LogP contribution in [0.4, 0.5) is 0 Å².